The van der Waals surface area contributed by atoms with Gasteiger partial charge in [0.2, 0.25) is 11.8 Å². The lowest BCUT2D eigenvalue weighted by Crippen LogP contribution is -2.53. The van der Waals surface area contributed by atoms with Crippen molar-refractivity contribution in [2.24, 2.45) is 0 Å². The molecule has 4 nitrogen and oxygen atoms in total. The Kier molecular flexibility index (Phi) is 9.86. The molecule has 0 saturated heterocycles. The molecular weight excluding hydrogens is 470 g/mol. The Balaban J connectivity index is 2.22. The lowest BCUT2D eigenvalue weighted by molar-refractivity contribution is -0.140. The first-order valence-electron chi connectivity index (χ1n) is 10.4. The molecule has 2 amide bonds. The van der Waals surface area contributed by atoms with Gasteiger partial charge in [0.25, 0.3) is 0 Å². The second-order valence-electron chi connectivity index (χ2n) is 8.50. The molecule has 1 atom stereocenters. The van der Waals surface area contributed by atoms with E-state index < -0.39 is 11.6 Å². The third-order valence-electron chi connectivity index (χ3n) is 4.68. The number of carbonyl (C=O) groups excluding carboxylic acids is 2. The lowest BCUT2D eigenvalue weighted by atomic mass is 10.1. The molecule has 0 saturated carbocycles. The minimum absolute atomic E-state index is 0.129. The van der Waals surface area contributed by atoms with Crippen molar-refractivity contribution in [1.29, 1.82) is 0 Å². The van der Waals surface area contributed by atoms with E-state index in [1.807, 2.05) is 27.7 Å². The van der Waals surface area contributed by atoms with E-state index in [-0.39, 0.29) is 29.9 Å². The molecule has 0 radical (unpaired) electrons. The number of hydrogen-bond acceptors (Lipinski definition) is 3. The van der Waals surface area contributed by atoms with E-state index in [9.17, 15) is 14.0 Å². The van der Waals surface area contributed by atoms with Gasteiger partial charge in [0.05, 0.1) is 5.75 Å². The van der Waals surface area contributed by atoms with Gasteiger partial charge >= 0.3 is 0 Å². The first-order valence-corrected chi connectivity index (χ1v) is 12.3. The Morgan fingerprint density at radius 1 is 1.09 bits per heavy atom. The van der Waals surface area contributed by atoms with Crippen LogP contribution in [0.25, 0.3) is 0 Å². The van der Waals surface area contributed by atoms with Crippen LogP contribution < -0.4 is 5.32 Å². The van der Waals surface area contributed by atoms with Crippen LogP contribution in [0.2, 0.25) is 10.0 Å². The SMILES string of the molecule is CC[C@@H](C(=O)NC(C)(C)C)N(Cc1c(Cl)cccc1Cl)C(=O)CSCc1ccc(F)cc1. The predicted molar refractivity (Wildman–Crippen MR) is 132 cm³/mol. The Hall–Kier alpha value is -1.76. The van der Waals surface area contributed by atoms with Crippen molar-refractivity contribution >= 4 is 46.8 Å². The number of thioether (sulfide) groups is 1. The van der Waals surface area contributed by atoms with Crippen LogP contribution in [0.15, 0.2) is 42.5 Å². The molecule has 0 aliphatic rings. The maximum Gasteiger partial charge on any atom is 0.243 e. The highest BCUT2D eigenvalue weighted by molar-refractivity contribution is 7.99. The molecule has 0 spiro atoms. The summed E-state index contributed by atoms with van der Waals surface area (Å²) >= 11 is 14.1. The molecule has 0 aliphatic carbocycles. The van der Waals surface area contributed by atoms with Gasteiger partial charge < -0.3 is 10.2 Å². The van der Waals surface area contributed by atoms with E-state index in [1.54, 1.807) is 35.2 Å². The fraction of sp³-hybridized carbons (Fsp3) is 0.417. The van der Waals surface area contributed by atoms with Gasteiger partial charge in [-0.1, -0.05) is 48.3 Å². The molecule has 0 fully saturated rings. The number of nitrogens with one attached hydrogen (secondary N) is 1. The number of halogens is 3. The highest BCUT2D eigenvalue weighted by Crippen LogP contribution is 2.27. The van der Waals surface area contributed by atoms with E-state index in [2.05, 4.69) is 5.32 Å². The molecule has 174 valence electrons. The van der Waals surface area contributed by atoms with E-state index in [0.717, 1.165) is 5.56 Å². The van der Waals surface area contributed by atoms with Crippen LogP contribution in [0.4, 0.5) is 4.39 Å². The number of amides is 2. The molecule has 2 aromatic carbocycles. The monoisotopic (exact) mass is 498 g/mol. The van der Waals surface area contributed by atoms with Crippen molar-refractivity contribution in [1.82, 2.24) is 10.2 Å². The highest BCUT2D eigenvalue weighted by Gasteiger charge is 2.31. The molecule has 0 aliphatic heterocycles. The number of carbonyl (C=O) groups is 2. The van der Waals surface area contributed by atoms with Gasteiger partial charge in [-0.3, -0.25) is 9.59 Å². The number of benzene rings is 2. The van der Waals surface area contributed by atoms with Crippen LogP contribution in [0, 0.1) is 5.82 Å². The second-order valence-corrected chi connectivity index (χ2v) is 10.3. The fourth-order valence-corrected chi connectivity index (χ4v) is 4.53. The van der Waals surface area contributed by atoms with Gasteiger partial charge in [-0.2, -0.15) is 0 Å². The first-order chi connectivity index (χ1) is 15.0. The van der Waals surface area contributed by atoms with Crippen LogP contribution in [-0.2, 0) is 21.9 Å². The van der Waals surface area contributed by atoms with Crippen molar-refractivity contribution in [3.63, 3.8) is 0 Å². The Labute approximate surface area is 203 Å². The zero-order valence-corrected chi connectivity index (χ0v) is 21.1. The van der Waals surface area contributed by atoms with Gasteiger partial charge in [-0.15, -0.1) is 11.8 Å². The molecule has 2 aromatic rings. The van der Waals surface area contributed by atoms with Crippen molar-refractivity contribution in [3.8, 4) is 0 Å². The highest BCUT2D eigenvalue weighted by atomic mass is 35.5. The summed E-state index contributed by atoms with van der Waals surface area (Å²) in [5.41, 5.74) is 1.09. The number of nitrogens with zero attached hydrogens (tertiary/aromatic N) is 1. The second kappa shape index (κ2) is 11.9. The average molecular weight is 499 g/mol. The summed E-state index contributed by atoms with van der Waals surface area (Å²) in [6.07, 6.45) is 0.443. The van der Waals surface area contributed by atoms with Gasteiger partial charge in [-0.05, 0) is 57.0 Å². The van der Waals surface area contributed by atoms with Crippen molar-refractivity contribution in [2.45, 2.75) is 58.0 Å². The molecule has 1 N–H and O–H groups in total. The molecule has 32 heavy (non-hydrogen) atoms. The van der Waals surface area contributed by atoms with E-state index >= 15 is 0 Å². The summed E-state index contributed by atoms with van der Waals surface area (Å²) in [6.45, 7) is 7.69. The lowest BCUT2D eigenvalue weighted by Gasteiger charge is -2.33. The van der Waals surface area contributed by atoms with Crippen molar-refractivity contribution < 1.29 is 14.0 Å². The summed E-state index contributed by atoms with van der Waals surface area (Å²) in [7, 11) is 0. The number of rotatable bonds is 9. The molecule has 8 heteroatoms. The Morgan fingerprint density at radius 2 is 1.69 bits per heavy atom. The third-order valence-corrected chi connectivity index (χ3v) is 6.38. The summed E-state index contributed by atoms with van der Waals surface area (Å²) in [5.74, 6) is 0.00789. The Bertz CT molecular complexity index is 912. The van der Waals surface area contributed by atoms with Crippen LogP contribution >= 0.6 is 35.0 Å². The zero-order chi connectivity index (χ0) is 23.9. The largest absolute Gasteiger partial charge is 0.350 e. The Morgan fingerprint density at radius 3 is 2.22 bits per heavy atom. The maximum atomic E-state index is 13.3. The smallest absolute Gasteiger partial charge is 0.243 e. The van der Waals surface area contributed by atoms with Gasteiger partial charge in [0, 0.05) is 33.4 Å². The predicted octanol–water partition coefficient (Wildman–Crippen LogP) is 6.09. The van der Waals surface area contributed by atoms with Gasteiger partial charge in [-0.25, -0.2) is 4.39 Å². The molecule has 0 unspecified atom stereocenters. The average Bonchev–Trinajstić information content (AvgIpc) is 2.70. The van der Waals surface area contributed by atoms with E-state index in [1.165, 1.54) is 23.9 Å². The molecule has 2 rings (SSSR count). The molecule has 0 heterocycles. The molecule has 0 aromatic heterocycles. The summed E-state index contributed by atoms with van der Waals surface area (Å²) in [6, 6.07) is 10.7. The minimum Gasteiger partial charge on any atom is -0.350 e. The summed E-state index contributed by atoms with van der Waals surface area (Å²) in [5, 5.41) is 3.86. The van der Waals surface area contributed by atoms with Gasteiger partial charge in [0.15, 0.2) is 0 Å². The van der Waals surface area contributed by atoms with Crippen LogP contribution in [0.3, 0.4) is 0 Å². The topological polar surface area (TPSA) is 49.4 Å². The summed E-state index contributed by atoms with van der Waals surface area (Å²) in [4.78, 5) is 27.8. The van der Waals surface area contributed by atoms with Gasteiger partial charge in [0.1, 0.15) is 11.9 Å². The zero-order valence-electron chi connectivity index (χ0n) is 18.8. The third kappa shape index (κ3) is 7.98. The van der Waals surface area contributed by atoms with Crippen LogP contribution in [0.1, 0.15) is 45.2 Å². The maximum absolute atomic E-state index is 13.3. The number of hydrogen-bond donors (Lipinski definition) is 1. The summed E-state index contributed by atoms with van der Waals surface area (Å²) < 4.78 is 13.1. The standard InChI is InChI=1S/C24H29Cl2FN2O2S/c1-5-21(23(31)28-24(2,3)4)29(13-18-19(25)7-6-8-20(18)26)22(30)15-32-14-16-9-11-17(27)12-10-16/h6-12,21H,5,13-15H2,1-4H3,(H,28,31)/t21-/m0/s1. The molecular formula is C24H29Cl2FN2O2S. The van der Waals surface area contributed by atoms with E-state index in [4.69, 9.17) is 23.2 Å². The quantitative estimate of drug-likeness (QED) is 0.455. The van der Waals surface area contributed by atoms with Crippen LogP contribution in [-0.4, -0.2) is 34.0 Å². The fourth-order valence-electron chi connectivity index (χ4n) is 3.15. The normalized spacial score (nSPS) is 12.3. The minimum atomic E-state index is -0.666. The molecule has 0 bridgehead atoms. The van der Waals surface area contributed by atoms with E-state index in [0.29, 0.717) is 27.8 Å². The first kappa shape index (κ1) is 26.5. The van der Waals surface area contributed by atoms with Crippen LogP contribution in [0.5, 0.6) is 0 Å². The van der Waals surface area contributed by atoms with Crippen molar-refractivity contribution in [2.75, 3.05) is 5.75 Å². The van der Waals surface area contributed by atoms with Crippen molar-refractivity contribution in [3.05, 3.63) is 69.5 Å².